The molecule has 0 spiro atoms. The molecule has 1 aromatic heterocycles. The zero-order chi connectivity index (χ0) is 10.2. The Morgan fingerprint density at radius 2 is 2.07 bits per heavy atom. The minimum atomic E-state index is -4.46. The van der Waals surface area contributed by atoms with E-state index >= 15 is 0 Å². The van der Waals surface area contributed by atoms with E-state index < -0.39 is 7.82 Å². The summed E-state index contributed by atoms with van der Waals surface area (Å²) in [6.07, 6.45) is 1.74. The predicted octanol–water partition coefficient (Wildman–Crippen LogP) is 1.64. The highest BCUT2D eigenvalue weighted by atomic mass is 31.2. The Kier molecular flexibility index (Phi) is 2.07. The minimum Gasteiger partial charge on any atom is -0.404 e. The van der Waals surface area contributed by atoms with E-state index in [9.17, 15) is 4.57 Å². The lowest BCUT2D eigenvalue weighted by Gasteiger charge is -2.05. The second kappa shape index (κ2) is 3.13. The van der Waals surface area contributed by atoms with Crippen molar-refractivity contribution in [1.29, 1.82) is 0 Å². The third kappa shape index (κ3) is 1.96. The number of rotatable bonds is 2. The van der Waals surface area contributed by atoms with Crippen LogP contribution in [0, 0.1) is 0 Å². The van der Waals surface area contributed by atoms with Gasteiger partial charge in [0.15, 0.2) is 0 Å². The molecule has 0 saturated carbocycles. The molecule has 0 aliphatic carbocycles. The summed E-state index contributed by atoms with van der Waals surface area (Å²) in [6.45, 7) is 0. The zero-order valence-electron chi connectivity index (χ0n) is 7.04. The van der Waals surface area contributed by atoms with Crippen LogP contribution in [0.15, 0.2) is 30.5 Å². The van der Waals surface area contributed by atoms with Gasteiger partial charge in [0.1, 0.15) is 5.75 Å². The highest BCUT2D eigenvalue weighted by Crippen LogP contribution is 2.38. The van der Waals surface area contributed by atoms with E-state index in [1.807, 2.05) is 0 Å². The van der Waals surface area contributed by atoms with Gasteiger partial charge in [0.05, 0.1) is 0 Å². The molecule has 14 heavy (non-hydrogen) atoms. The van der Waals surface area contributed by atoms with Gasteiger partial charge in [-0.2, -0.15) is 0 Å². The van der Waals surface area contributed by atoms with Gasteiger partial charge >= 0.3 is 7.82 Å². The number of aromatic nitrogens is 1. The summed E-state index contributed by atoms with van der Waals surface area (Å²) in [5, 5.41) is 0.843. The standard InChI is InChI=1S/C8H8NO4P/c10-14(11,12)13-7-1-2-8-6(5-7)3-4-9-8/h1-5,9H,(H2,10,11,12). The average Bonchev–Trinajstić information content (AvgIpc) is 2.47. The average molecular weight is 213 g/mol. The highest BCUT2D eigenvalue weighted by Gasteiger charge is 2.15. The van der Waals surface area contributed by atoms with Gasteiger partial charge < -0.3 is 9.51 Å². The van der Waals surface area contributed by atoms with Crippen molar-refractivity contribution < 1.29 is 18.9 Å². The molecular weight excluding hydrogens is 205 g/mol. The van der Waals surface area contributed by atoms with E-state index in [-0.39, 0.29) is 5.75 Å². The van der Waals surface area contributed by atoms with Gasteiger partial charge in [-0.25, -0.2) is 4.57 Å². The number of aromatic amines is 1. The van der Waals surface area contributed by atoms with E-state index in [0.717, 1.165) is 10.9 Å². The van der Waals surface area contributed by atoms with Crippen LogP contribution in [0.1, 0.15) is 0 Å². The van der Waals surface area contributed by atoms with Gasteiger partial charge in [-0.05, 0) is 24.3 Å². The smallest absolute Gasteiger partial charge is 0.404 e. The normalized spacial score (nSPS) is 11.9. The summed E-state index contributed by atoms with van der Waals surface area (Å²) in [4.78, 5) is 20.1. The van der Waals surface area contributed by atoms with Crippen molar-refractivity contribution >= 4 is 18.7 Å². The SMILES string of the molecule is O=P(O)(O)Oc1ccc2[nH]ccc2c1. The summed E-state index contributed by atoms with van der Waals surface area (Å²) in [7, 11) is -4.46. The lowest BCUT2D eigenvalue weighted by Crippen LogP contribution is -1.89. The van der Waals surface area contributed by atoms with Gasteiger partial charge in [-0.3, -0.25) is 9.79 Å². The van der Waals surface area contributed by atoms with Gasteiger partial charge in [-0.1, -0.05) is 0 Å². The fraction of sp³-hybridized carbons (Fsp3) is 0. The number of hydrogen-bond acceptors (Lipinski definition) is 2. The summed E-state index contributed by atoms with van der Waals surface area (Å²) in [5.74, 6) is 0.158. The number of H-pyrrole nitrogens is 1. The Balaban J connectivity index is 2.39. The van der Waals surface area contributed by atoms with Crippen molar-refractivity contribution in [1.82, 2.24) is 4.98 Å². The van der Waals surface area contributed by atoms with Crippen LogP contribution in [-0.4, -0.2) is 14.8 Å². The Morgan fingerprint density at radius 3 is 2.79 bits per heavy atom. The van der Waals surface area contributed by atoms with E-state index in [0.29, 0.717) is 0 Å². The zero-order valence-corrected chi connectivity index (χ0v) is 7.94. The molecule has 0 saturated heterocycles. The highest BCUT2D eigenvalue weighted by molar-refractivity contribution is 7.46. The molecule has 2 aromatic rings. The van der Waals surface area contributed by atoms with Crippen molar-refractivity contribution in [2.24, 2.45) is 0 Å². The molecule has 5 nitrogen and oxygen atoms in total. The number of phosphoric ester groups is 1. The first-order chi connectivity index (χ1) is 6.54. The maximum atomic E-state index is 10.5. The molecule has 6 heteroatoms. The lowest BCUT2D eigenvalue weighted by molar-refractivity contribution is 0.283. The summed E-state index contributed by atoms with van der Waals surface area (Å²) >= 11 is 0. The van der Waals surface area contributed by atoms with E-state index in [1.165, 1.54) is 6.07 Å². The molecule has 2 rings (SSSR count). The topological polar surface area (TPSA) is 82.6 Å². The molecule has 1 aromatic carbocycles. The third-order valence-electron chi connectivity index (χ3n) is 1.75. The summed E-state index contributed by atoms with van der Waals surface area (Å²) in [6, 6.07) is 6.55. The van der Waals surface area contributed by atoms with Crippen LogP contribution < -0.4 is 4.52 Å². The third-order valence-corrected chi connectivity index (χ3v) is 2.20. The molecule has 0 amide bonds. The van der Waals surface area contributed by atoms with Crippen LogP contribution in [0.3, 0.4) is 0 Å². The van der Waals surface area contributed by atoms with Gasteiger partial charge in [-0.15, -0.1) is 0 Å². The fourth-order valence-electron chi connectivity index (χ4n) is 1.23. The molecule has 0 aliphatic heterocycles. The fourth-order valence-corrected chi connectivity index (χ4v) is 1.61. The van der Waals surface area contributed by atoms with Crippen molar-refractivity contribution in [3.05, 3.63) is 30.5 Å². The van der Waals surface area contributed by atoms with E-state index in [1.54, 1.807) is 24.4 Å². The van der Waals surface area contributed by atoms with Crippen molar-refractivity contribution in [3.63, 3.8) is 0 Å². The van der Waals surface area contributed by atoms with Crippen LogP contribution in [0.25, 0.3) is 10.9 Å². The van der Waals surface area contributed by atoms with Crippen LogP contribution in [-0.2, 0) is 4.57 Å². The van der Waals surface area contributed by atoms with Crippen molar-refractivity contribution in [3.8, 4) is 5.75 Å². The molecular formula is C8H8NO4P. The number of hydrogen-bond donors (Lipinski definition) is 3. The first-order valence-corrected chi connectivity index (χ1v) is 5.40. The van der Waals surface area contributed by atoms with Crippen LogP contribution in [0.4, 0.5) is 0 Å². The molecule has 0 unspecified atom stereocenters. The maximum Gasteiger partial charge on any atom is 0.524 e. The van der Waals surface area contributed by atoms with Crippen molar-refractivity contribution in [2.45, 2.75) is 0 Å². The quantitative estimate of drug-likeness (QED) is 0.662. The second-order valence-corrected chi connectivity index (χ2v) is 3.97. The molecule has 1 heterocycles. The van der Waals surface area contributed by atoms with Crippen LogP contribution in [0.5, 0.6) is 5.75 Å². The summed E-state index contributed by atoms with van der Waals surface area (Å²) < 4.78 is 15.0. The lowest BCUT2D eigenvalue weighted by atomic mass is 10.2. The van der Waals surface area contributed by atoms with Crippen LogP contribution in [0.2, 0.25) is 0 Å². The predicted molar refractivity (Wildman–Crippen MR) is 51.0 cm³/mol. The first kappa shape index (κ1) is 9.27. The molecule has 0 bridgehead atoms. The molecule has 0 fully saturated rings. The maximum absolute atomic E-state index is 10.5. The first-order valence-electron chi connectivity index (χ1n) is 3.87. The second-order valence-electron chi connectivity index (χ2n) is 2.81. The monoisotopic (exact) mass is 213 g/mol. The number of benzene rings is 1. The van der Waals surface area contributed by atoms with Crippen molar-refractivity contribution in [2.75, 3.05) is 0 Å². The molecule has 3 N–H and O–H groups in total. The molecule has 74 valence electrons. The van der Waals surface area contributed by atoms with E-state index in [2.05, 4.69) is 9.51 Å². The number of phosphoric acid groups is 1. The number of nitrogens with one attached hydrogen (secondary N) is 1. The van der Waals surface area contributed by atoms with Crippen LogP contribution >= 0.6 is 7.82 Å². The number of fused-ring (bicyclic) bond motifs is 1. The molecule has 0 atom stereocenters. The Morgan fingerprint density at radius 1 is 1.29 bits per heavy atom. The van der Waals surface area contributed by atoms with Gasteiger partial charge in [0.25, 0.3) is 0 Å². The van der Waals surface area contributed by atoms with E-state index in [4.69, 9.17) is 9.79 Å². The summed E-state index contributed by atoms with van der Waals surface area (Å²) in [5.41, 5.74) is 0.892. The Bertz CT molecular complexity index is 501. The Hall–Kier alpha value is -1.29. The van der Waals surface area contributed by atoms with Gasteiger partial charge in [0, 0.05) is 17.1 Å². The minimum absolute atomic E-state index is 0.158. The molecule has 0 radical (unpaired) electrons. The van der Waals surface area contributed by atoms with Gasteiger partial charge in [0.2, 0.25) is 0 Å². The largest absolute Gasteiger partial charge is 0.524 e. The molecule has 0 aliphatic rings. The Labute approximate surface area is 79.6 Å².